The van der Waals surface area contributed by atoms with Gasteiger partial charge in [0.05, 0.1) is 5.92 Å². The number of phenols is 1. The van der Waals surface area contributed by atoms with E-state index in [4.69, 9.17) is 11.5 Å². The molecule has 3 aromatic rings. The first kappa shape index (κ1) is 25.4. The highest BCUT2D eigenvalue weighted by atomic mass is 19.4. The number of aromatic hydroxyl groups is 1. The number of imidazole rings is 1. The number of aromatic nitrogens is 2. The summed E-state index contributed by atoms with van der Waals surface area (Å²) < 4.78 is 86.7. The Morgan fingerprint density at radius 2 is 1.83 bits per heavy atom. The lowest BCUT2D eigenvalue weighted by Crippen LogP contribution is -2.54. The van der Waals surface area contributed by atoms with Crippen LogP contribution in [0.5, 0.6) is 5.75 Å². The van der Waals surface area contributed by atoms with Gasteiger partial charge in [-0.3, -0.25) is 9.36 Å². The normalized spacial score (nSPS) is 21.9. The first-order valence-electron chi connectivity index (χ1n) is 10.7. The molecule has 0 saturated carbocycles. The van der Waals surface area contributed by atoms with Crippen molar-refractivity contribution in [3.05, 3.63) is 70.4 Å². The summed E-state index contributed by atoms with van der Waals surface area (Å²) in [7, 11) is 0. The highest BCUT2D eigenvalue weighted by Crippen LogP contribution is 2.57. The molecule has 3 unspecified atom stereocenters. The largest absolute Gasteiger partial charge is 0.505 e. The highest BCUT2D eigenvalue weighted by Gasteiger charge is 2.64. The molecule has 1 aliphatic rings. The molecule has 0 radical (unpaired) electrons. The molecule has 3 atom stereocenters. The summed E-state index contributed by atoms with van der Waals surface area (Å²) in [5.74, 6) is -11.2. The quantitative estimate of drug-likeness (QED) is 0.392. The second kappa shape index (κ2) is 8.43. The van der Waals surface area contributed by atoms with E-state index in [1.54, 1.807) is 0 Å². The molecular formula is C23H20F6N4O3. The number of nitrogens with two attached hydrogens (primary N) is 2. The Balaban J connectivity index is 2.15. The Labute approximate surface area is 200 Å². The number of anilines is 1. The number of nitrogen functional groups attached to an aromatic ring is 1. The zero-order valence-corrected chi connectivity index (χ0v) is 18.6. The molecule has 0 aliphatic heterocycles. The SMILES string of the molecule is CCC1CC(O)(C(F)(F)F)C(c2nc(C(N)=O)c(N)n2-c2ccc(F)cc2)c2cc(F)c(F)c(O)c21. The lowest BCUT2D eigenvalue weighted by Gasteiger charge is -2.45. The average Bonchev–Trinajstić information content (AvgIpc) is 3.13. The fourth-order valence-electron chi connectivity index (χ4n) is 4.83. The van der Waals surface area contributed by atoms with Crippen molar-refractivity contribution in [3.63, 3.8) is 0 Å². The van der Waals surface area contributed by atoms with E-state index in [1.165, 1.54) is 6.92 Å². The first-order chi connectivity index (χ1) is 16.7. The molecule has 6 N–H and O–H groups in total. The summed E-state index contributed by atoms with van der Waals surface area (Å²) in [6.07, 6.45) is -6.46. The van der Waals surface area contributed by atoms with Crippen molar-refractivity contribution < 1.29 is 41.4 Å². The third-order valence-electron chi connectivity index (χ3n) is 6.52. The van der Waals surface area contributed by atoms with Gasteiger partial charge in [-0.05, 0) is 54.7 Å². The maximum atomic E-state index is 14.5. The number of hydrogen-bond donors (Lipinski definition) is 4. The summed E-state index contributed by atoms with van der Waals surface area (Å²) in [5, 5.41) is 21.6. The lowest BCUT2D eigenvalue weighted by molar-refractivity contribution is -0.272. The Morgan fingerprint density at radius 1 is 1.22 bits per heavy atom. The predicted octanol–water partition coefficient (Wildman–Crippen LogP) is 4.00. The van der Waals surface area contributed by atoms with Crippen LogP contribution < -0.4 is 11.5 Å². The van der Waals surface area contributed by atoms with Gasteiger partial charge in [0, 0.05) is 11.3 Å². The number of carbonyl (C=O) groups is 1. The number of nitrogens with zero attached hydrogens (tertiary/aromatic N) is 2. The van der Waals surface area contributed by atoms with E-state index in [2.05, 4.69) is 4.98 Å². The molecule has 1 aliphatic carbocycles. The maximum absolute atomic E-state index is 14.5. The van der Waals surface area contributed by atoms with Gasteiger partial charge < -0.3 is 21.7 Å². The van der Waals surface area contributed by atoms with Gasteiger partial charge in [-0.2, -0.15) is 17.6 Å². The van der Waals surface area contributed by atoms with Gasteiger partial charge in [0.2, 0.25) is 5.82 Å². The number of hydrogen-bond acceptors (Lipinski definition) is 5. The molecule has 2 aromatic carbocycles. The van der Waals surface area contributed by atoms with Crippen molar-refractivity contribution in [2.24, 2.45) is 5.73 Å². The zero-order chi connectivity index (χ0) is 26.7. The van der Waals surface area contributed by atoms with Gasteiger partial charge >= 0.3 is 6.18 Å². The Hall–Kier alpha value is -3.74. The Morgan fingerprint density at radius 3 is 2.36 bits per heavy atom. The van der Waals surface area contributed by atoms with Gasteiger partial charge in [0.25, 0.3) is 5.91 Å². The highest BCUT2D eigenvalue weighted by molar-refractivity contribution is 5.95. The molecule has 1 heterocycles. The second-order valence-corrected chi connectivity index (χ2v) is 8.57. The number of carbonyl (C=O) groups excluding carboxylic acids is 1. The number of fused-ring (bicyclic) bond motifs is 1. The van der Waals surface area contributed by atoms with Gasteiger partial charge in [-0.25, -0.2) is 13.8 Å². The fraction of sp³-hybridized carbons (Fsp3) is 0.304. The standard InChI is InChI=1S/C23H20F6N4O3/c1-2-9-8-22(36,23(27,28)29)15(12-7-13(25)16(26)18(34)14(9)12)21-32-17(20(31)35)19(30)33(21)11-5-3-10(24)4-6-11/h3-7,9,15,34,36H,2,8,30H2,1H3,(H2,31,35). The van der Waals surface area contributed by atoms with Crippen LogP contribution in [-0.4, -0.2) is 37.4 Å². The lowest BCUT2D eigenvalue weighted by atomic mass is 9.65. The molecule has 4 rings (SSSR count). The molecule has 13 heteroatoms. The summed E-state index contributed by atoms with van der Waals surface area (Å²) >= 11 is 0. The van der Waals surface area contributed by atoms with Crippen LogP contribution in [0.25, 0.3) is 5.69 Å². The van der Waals surface area contributed by atoms with E-state index in [9.17, 15) is 41.4 Å². The number of aliphatic hydroxyl groups is 1. The van der Waals surface area contributed by atoms with Crippen molar-refractivity contribution in [1.82, 2.24) is 9.55 Å². The van der Waals surface area contributed by atoms with E-state index < -0.39 is 82.0 Å². The monoisotopic (exact) mass is 514 g/mol. The van der Waals surface area contributed by atoms with Crippen LogP contribution in [0.15, 0.2) is 30.3 Å². The van der Waals surface area contributed by atoms with E-state index in [1.807, 2.05) is 0 Å². The maximum Gasteiger partial charge on any atom is 0.418 e. The Kier molecular flexibility index (Phi) is 5.94. The van der Waals surface area contributed by atoms with Crippen LogP contribution in [0.2, 0.25) is 0 Å². The van der Waals surface area contributed by atoms with Gasteiger partial charge in [0.1, 0.15) is 17.5 Å². The number of alkyl halides is 3. The van der Waals surface area contributed by atoms with Crippen LogP contribution in [0.3, 0.4) is 0 Å². The number of halogens is 6. The topological polar surface area (TPSA) is 127 Å². The van der Waals surface area contributed by atoms with Crippen LogP contribution >= 0.6 is 0 Å². The minimum atomic E-state index is -5.34. The number of benzene rings is 2. The third kappa shape index (κ3) is 3.65. The molecule has 1 aromatic heterocycles. The molecule has 0 bridgehead atoms. The summed E-state index contributed by atoms with van der Waals surface area (Å²) in [6, 6.07) is 4.60. The van der Waals surface area contributed by atoms with Crippen molar-refractivity contribution >= 4 is 11.7 Å². The molecule has 0 fully saturated rings. The average molecular weight is 514 g/mol. The van der Waals surface area contributed by atoms with Crippen molar-refractivity contribution in [2.45, 2.75) is 43.4 Å². The van der Waals surface area contributed by atoms with Gasteiger partial charge in [-0.1, -0.05) is 6.92 Å². The van der Waals surface area contributed by atoms with Gasteiger partial charge in [0.15, 0.2) is 22.9 Å². The minimum absolute atomic E-state index is 0.0561. The smallest absolute Gasteiger partial charge is 0.418 e. The minimum Gasteiger partial charge on any atom is -0.505 e. The Bertz CT molecular complexity index is 1360. The molecule has 36 heavy (non-hydrogen) atoms. The second-order valence-electron chi connectivity index (χ2n) is 8.57. The van der Waals surface area contributed by atoms with Crippen LogP contribution in [0, 0.1) is 17.5 Å². The number of amides is 1. The number of primary amides is 1. The van der Waals surface area contributed by atoms with Crippen molar-refractivity contribution in [2.75, 3.05) is 5.73 Å². The van der Waals surface area contributed by atoms with E-state index in [0.717, 1.165) is 28.8 Å². The molecule has 0 spiro atoms. The van der Waals surface area contributed by atoms with Crippen LogP contribution in [-0.2, 0) is 0 Å². The first-order valence-corrected chi connectivity index (χ1v) is 10.7. The molecule has 7 nitrogen and oxygen atoms in total. The number of phenolic OH excluding ortho intramolecular Hbond substituents is 1. The summed E-state index contributed by atoms with van der Waals surface area (Å²) in [5.41, 5.74) is 6.01. The van der Waals surface area contributed by atoms with E-state index >= 15 is 0 Å². The zero-order valence-electron chi connectivity index (χ0n) is 18.6. The van der Waals surface area contributed by atoms with Crippen LogP contribution in [0.1, 0.15) is 59.0 Å². The summed E-state index contributed by atoms with van der Waals surface area (Å²) in [6.45, 7) is 1.45. The van der Waals surface area contributed by atoms with Gasteiger partial charge in [-0.15, -0.1) is 0 Å². The van der Waals surface area contributed by atoms with E-state index in [-0.39, 0.29) is 17.7 Å². The van der Waals surface area contributed by atoms with Crippen molar-refractivity contribution in [3.8, 4) is 11.4 Å². The third-order valence-corrected chi connectivity index (χ3v) is 6.52. The molecular weight excluding hydrogens is 494 g/mol. The predicted molar refractivity (Wildman–Crippen MR) is 115 cm³/mol. The molecule has 1 amide bonds. The molecule has 192 valence electrons. The van der Waals surface area contributed by atoms with Crippen LogP contribution in [0.4, 0.5) is 32.2 Å². The molecule has 0 saturated heterocycles. The van der Waals surface area contributed by atoms with Crippen molar-refractivity contribution in [1.29, 1.82) is 0 Å². The fourth-order valence-corrected chi connectivity index (χ4v) is 4.83. The number of rotatable bonds is 4. The van der Waals surface area contributed by atoms with E-state index in [0.29, 0.717) is 6.07 Å². The summed E-state index contributed by atoms with van der Waals surface area (Å²) in [4.78, 5) is 15.9.